The zero-order valence-corrected chi connectivity index (χ0v) is 10.00. The van der Waals surface area contributed by atoms with Gasteiger partial charge < -0.3 is 9.68 Å². The summed E-state index contributed by atoms with van der Waals surface area (Å²) in [6.45, 7) is 1.32. The summed E-state index contributed by atoms with van der Waals surface area (Å²) in [6, 6.07) is 0. The maximum absolute atomic E-state index is 11.2. The van der Waals surface area contributed by atoms with Gasteiger partial charge in [-0.05, 0) is 25.7 Å². The van der Waals surface area contributed by atoms with Crippen LogP contribution in [0.3, 0.4) is 0 Å². The Labute approximate surface area is 101 Å². The van der Waals surface area contributed by atoms with Gasteiger partial charge in [0.1, 0.15) is 0 Å². The fourth-order valence-electron chi connectivity index (χ4n) is 1.47. The van der Waals surface area contributed by atoms with Crippen molar-refractivity contribution in [2.45, 2.75) is 44.9 Å². The van der Waals surface area contributed by atoms with Crippen molar-refractivity contribution in [2.75, 3.05) is 13.1 Å². The molecule has 2 N–H and O–H groups in total. The molecule has 1 fully saturated rings. The maximum Gasteiger partial charge on any atom is 0.324 e. The van der Waals surface area contributed by atoms with Gasteiger partial charge in [0.25, 0.3) is 0 Å². The Kier molecular flexibility index (Phi) is 7.33. The Morgan fingerprint density at radius 3 is 1.65 bits per heavy atom. The fraction of sp³-hybridized carbons (Fsp3) is 0.818. The third-order valence-electron chi connectivity index (χ3n) is 2.44. The van der Waals surface area contributed by atoms with Gasteiger partial charge >= 0.3 is 11.9 Å². The smallest absolute Gasteiger partial charge is 0.324 e. The molecule has 0 aromatic heterocycles. The van der Waals surface area contributed by atoms with Gasteiger partial charge in [-0.2, -0.15) is 11.0 Å². The third kappa shape index (κ3) is 7.70. The molecule has 0 radical (unpaired) electrons. The standard InChI is InChI=1S/C11H20N2O4/c14-10-6-2-3-7-11(15)17-13-9-5-1-4-8-12-16-10/h12-13H,1-9H2. The Bertz CT molecular complexity index is 222. The number of carbonyl (C=O) groups is 2. The molecule has 1 heterocycles. The van der Waals surface area contributed by atoms with E-state index in [9.17, 15) is 9.59 Å². The summed E-state index contributed by atoms with van der Waals surface area (Å²) in [5, 5.41) is 0. The second-order valence-corrected chi connectivity index (χ2v) is 4.00. The molecule has 0 saturated carbocycles. The highest BCUT2D eigenvalue weighted by Gasteiger charge is 2.06. The molecule has 0 aliphatic carbocycles. The summed E-state index contributed by atoms with van der Waals surface area (Å²) in [5.41, 5.74) is 5.29. The fourth-order valence-corrected chi connectivity index (χ4v) is 1.47. The van der Waals surface area contributed by atoms with Crippen LogP contribution in [-0.2, 0) is 19.3 Å². The lowest BCUT2D eigenvalue weighted by Gasteiger charge is -2.05. The lowest BCUT2D eigenvalue weighted by molar-refractivity contribution is -0.153. The third-order valence-corrected chi connectivity index (χ3v) is 2.44. The molecule has 0 amide bonds. The molecule has 0 aromatic rings. The van der Waals surface area contributed by atoms with E-state index >= 15 is 0 Å². The summed E-state index contributed by atoms with van der Waals surface area (Å²) in [7, 11) is 0. The van der Waals surface area contributed by atoms with Crippen molar-refractivity contribution in [1.82, 2.24) is 11.0 Å². The first-order chi connectivity index (χ1) is 8.29. The second kappa shape index (κ2) is 8.95. The number of carbonyl (C=O) groups excluding carboxylic acids is 2. The Morgan fingerprint density at radius 2 is 1.18 bits per heavy atom. The Morgan fingerprint density at radius 1 is 0.706 bits per heavy atom. The lowest BCUT2D eigenvalue weighted by atomic mass is 10.2. The highest BCUT2D eigenvalue weighted by molar-refractivity contribution is 5.70. The van der Waals surface area contributed by atoms with Crippen LogP contribution < -0.4 is 11.0 Å². The molecular weight excluding hydrogens is 224 g/mol. The van der Waals surface area contributed by atoms with Gasteiger partial charge in [-0.3, -0.25) is 9.59 Å². The number of rotatable bonds is 0. The first-order valence-electron chi connectivity index (χ1n) is 6.14. The normalized spacial score (nSPS) is 21.9. The van der Waals surface area contributed by atoms with Gasteiger partial charge in [-0.15, -0.1) is 0 Å². The molecule has 1 aliphatic rings. The summed E-state index contributed by atoms with van der Waals surface area (Å²) < 4.78 is 0. The number of hydroxylamine groups is 2. The second-order valence-electron chi connectivity index (χ2n) is 4.00. The van der Waals surface area contributed by atoms with Gasteiger partial charge in [0.15, 0.2) is 0 Å². The molecule has 1 rings (SSSR count). The predicted octanol–water partition coefficient (Wildman–Crippen LogP) is 0.826. The van der Waals surface area contributed by atoms with Crippen LogP contribution in [0, 0.1) is 0 Å². The minimum atomic E-state index is -0.272. The molecule has 1 saturated heterocycles. The maximum atomic E-state index is 11.2. The van der Waals surface area contributed by atoms with Crippen LogP contribution in [-0.4, -0.2) is 25.0 Å². The predicted molar refractivity (Wildman–Crippen MR) is 60.5 cm³/mol. The van der Waals surface area contributed by atoms with Crippen molar-refractivity contribution >= 4 is 11.9 Å². The SMILES string of the molecule is O=C1CCCCC(=O)ONCCCCCNO1. The highest BCUT2D eigenvalue weighted by atomic mass is 16.7. The van der Waals surface area contributed by atoms with E-state index in [1.165, 1.54) is 0 Å². The average Bonchev–Trinajstić information content (AvgIpc) is 2.32. The molecule has 6 heteroatoms. The Balaban J connectivity index is 2.24. The lowest BCUT2D eigenvalue weighted by Crippen LogP contribution is -2.21. The van der Waals surface area contributed by atoms with E-state index < -0.39 is 0 Å². The van der Waals surface area contributed by atoms with E-state index in [4.69, 9.17) is 9.68 Å². The molecule has 0 unspecified atom stereocenters. The van der Waals surface area contributed by atoms with E-state index in [-0.39, 0.29) is 11.9 Å². The van der Waals surface area contributed by atoms with Crippen LogP contribution in [0.1, 0.15) is 44.9 Å². The quantitative estimate of drug-likeness (QED) is 0.657. The van der Waals surface area contributed by atoms with Crippen molar-refractivity contribution in [3.63, 3.8) is 0 Å². The molecule has 1 aliphatic heterocycles. The van der Waals surface area contributed by atoms with E-state index in [0.717, 1.165) is 19.3 Å². The van der Waals surface area contributed by atoms with Gasteiger partial charge in [-0.25, -0.2) is 0 Å². The van der Waals surface area contributed by atoms with Crippen molar-refractivity contribution in [3.8, 4) is 0 Å². The van der Waals surface area contributed by atoms with Gasteiger partial charge in [0, 0.05) is 25.9 Å². The summed E-state index contributed by atoms with van der Waals surface area (Å²) >= 11 is 0. The molecule has 98 valence electrons. The number of hydrogen-bond donors (Lipinski definition) is 2. The number of hydrogen-bond acceptors (Lipinski definition) is 6. The minimum Gasteiger partial charge on any atom is -0.371 e. The van der Waals surface area contributed by atoms with E-state index in [1.807, 2.05) is 0 Å². The molecule has 0 aromatic carbocycles. The largest absolute Gasteiger partial charge is 0.371 e. The van der Waals surface area contributed by atoms with Crippen molar-refractivity contribution < 1.29 is 19.3 Å². The monoisotopic (exact) mass is 244 g/mol. The summed E-state index contributed by atoms with van der Waals surface area (Å²) in [5.74, 6) is -0.544. The Hall–Kier alpha value is -1.14. The van der Waals surface area contributed by atoms with Crippen LogP contribution in [0.4, 0.5) is 0 Å². The van der Waals surface area contributed by atoms with Gasteiger partial charge in [0.2, 0.25) is 0 Å². The highest BCUT2D eigenvalue weighted by Crippen LogP contribution is 2.02. The van der Waals surface area contributed by atoms with Crippen LogP contribution in [0.2, 0.25) is 0 Å². The topological polar surface area (TPSA) is 76.7 Å². The van der Waals surface area contributed by atoms with Gasteiger partial charge in [0.05, 0.1) is 0 Å². The van der Waals surface area contributed by atoms with Crippen molar-refractivity contribution in [3.05, 3.63) is 0 Å². The molecule has 0 spiro atoms. The van der Waals surface area contributed by atoms with E-state index in [1.54, 1.807) is 0 Å². The molecule has 17 heavy (non-hydrogen) atoms. The van der Waals surface area contributed by atoms with E-state index in [2.05, 4.69) is 11.0 Å². The minimum absolute atomic E-state index is 0.272. The molecule has 0 atom stereocenters. The van der Waals surface area contributed by atoms with E-state index in [0.29, 0.717) is 38.8 Å². The molecule has 6 nitrogen and oxygen atoms in total. The average molecular weight is 244 g/mol. The molecule has 0 bridgehead atoms. The molecular formula is C11H20N2O4. The van der Waals surface area contributed by atoms with Crippen molar-refractivity contribution in [2.24, 2.45) is 0 Å². The van der Waals surface area contributed by atoms with Crippen LogP contribution in [0.25, 0.3) is 0 Å². The van der Waals surface area contributed by atoms with Crippen molar-refractivity contribution in [1.29, 1.82) is 0 Å². The summed E-state index contributed by atoms with van der Waals surface area (Å²) in [4.78, 5) is 32.0. The van der Waals surface area contributed by atoms with Crippen LogP contribution in [0.15, 0.2) is 0 Å². The first kappa shape index (κ1) is 13.9. The zero-order chi connectivity index (χ0) is 12.3. The van der Waals surface area contributed by atoms with Crippen LogP contribution in [0.5, 0.6) is 0 Å². The van der Waals surface area contributed by atoms with Crippen LogP contribution >= 0.6 is 0 Å². The number of nitrogens with one attached hydrogen (secondary N) is 2. The van der Waals surface area contributed by atoms with Gasteiger partial charge in [-0.1, -0.05) is 6.42 Å². The first-order valence-corrected chi connectivity index (χ1v) is 6.14. The summed E-state index contributed by atoms with van der Waals surface area (Å²) in [6.07, 6.45) is 4.74. The zero-order valence-electron chi connectivity index (χ0n) is 10.00.